The molecule has 8 heteroatoms. The van der Waals surface area contributed by atoms with E-state index in [0.717, 1.165) is 48.3 Å². The fraction of sp³-hybridized carbons (Fsp3) is 0.318. The van der Waals surface area contributed by atoms with E-state index in [1.807, 2.05) is 48.5 Å². The highest BCUT2D eigenvalue weighted by atomic mass is 16.5. The Morgan fingerprint density at radius 2 is 0.942 bits per heavy atom. The number of carbonyl (C=O) groups excluding carboxylic acids is 2. The summed E-state index contributed by atoms with van der Waals surface area (Å²) in [4.78, 5) is 25.3. The van der Waals surface area contributed by atoms with E-state index in [-0.39, 0.29) is 11.6 Å². The van der Waals surface area contributed by atoms with E-state index in [1.165, 1.54) is 32.8 Å². The fourth-order valence-electron chi connectivity index (χ4n) is 5.52. The van der Waals surface area contributed by atoms with Crippen LogP contribution in [-0.4, -0.2) is 53.2 Å². The predicted octanol–water partition coefficient (Wildman–Crippen LogP) is 10.1. The minimum absolute atomic E-state index is 0.108. The second-order valence-corrected chi connectivity index (χ2v) is 12.2. The van der Waals surface area contributed by atoms with Crippen LogP contribution in [0.25, 0.3) is 12.2 Å². The maximum Gasteiger partial charge on any atom is 0.189 e. The third-order valence-electron chi connectivity index (χ3n) is 8.53. The van der Waals surface area contributed by atoms with Crippen molar-refractivity contribution in [2.24, 2.45) is 0 Å². The second kappa shape index (κ2) is 21.7. The molecular formula is C44H50O8. The lowest BCUT2D eigenvalue weighted by Gasteiger charge is -2.08. The smallest absolute Gasteiger partial charge is 0.189 e. The highest BCUT2D eigenvalue weighted by Gasteiger charge is 2.11. The van der Waals surface area contributed by atoms with Gasteiger partial charge >= 0.3 is 0 Å². The average Bonchev–Trinajstić information content (AvgIpc) is 3.19. The van der Waals surface area contributed by atoms with E-state index in [2.05, 4.69) is 0 Å². The van der Waals surface area contributed by atoms with Crippen LogP contribution in [0.3, 0.4) is 0 Å². The van der Waals surface area contributed by atoms with Crippen molar-refractivity contribution in [3.63, 3.8) is 0 Å². The Kier molecular flexibility index (Phi) is 16.4. The van der Waals surface area contributed by atoms with E-state index in [9.17, 15) is 9.59 Å². The summed E-state index contributed by atoms with van der Waals surface area (Å²) < 4.78 is 32.9. The number of hydrogen-bond donors (Lipinski definition) is 0. The molecule has 0 aromatic heterocycles. The zero-order valence-electron chi connectivity index (χ0n) is 30.7. The minimum Gasteiger partial charge on any atom is -0.497 e. The predicted molar refractivity (Wildman–Crippen MR) is 207 cm³/mol. The van der Waals surface area contributed by atoms with E-state index in [1.54, 1.807) is 82.0 Å². The van der Waals surface area contributed by atoms with Crippen LogP contribution >= 0.6 is 0 Å². The summed E-state index contributed by atoms with van der Waals surface area (Å²) >= 11 is 0. The van der Waals surface area contributed by atoms with E-state index in [0.29, 0.717) is 47.3 Å². The zero-order valence-corrected chi connectivity index (χ0v) is 30.7. The molecule has 0 heterocycles. The second-order valence-electron chi connectivity index (χ2n) is 12.2. The SMILES string of the molecule is COc1ccc(C(=O)/C=C/c2ccc(OCCCCCCCCCCOc3ccc(/C=C\C(=O)c4ccc(OC)c(OC)c4)cc3)cc2)c(OC)c1. The summed E-state index contributed by atoms with van der Waals surface area (Å²) in [6, 6.07) is 25.8. The molecule has 0 fully saturated rings. The third kappa shape index (κ3) is 12.7. The molecule has 0 spiro atoms. The van der Waals surface area contributed by atoms with Gasteiger partial charge in [0.05, 0.1) is 47.2 Å². The standard InChI is InChI=1S/C44H50O8/c1-47-38-24-25-39(43(32-38)49-3)41(46)27-18-34-15-22-37(23-16-34)52-30-12-10-8-6-5-7-9-11-29-51-36-20-13-33(14-21-36)17-26-40(45)35-19-28-42(48-2)44(31-35)50-4/h13-28,31-32H,5-12,29-30H2,1-4H3/b26-17-,27-18+. The minimum atomic E-state index is -0.137. The molecule has 52 heavy (non-hydrogen) atoms. The largest absolute Gasteiger partial charge is 0.497 e. The molecule has 274 valence electrons. The van der Waals surface area contributed by atoms with Gasteiger partial charge in [-0.25, -0.2) is 0 Å². The Morgan fingerprint density at radius 1 is 0.462 bits per heavy atom. The average molecular weight is 707 g/mol. The lowest BCUT2D eigenvalue weighted by atomic mass is 10.1. The fourth-order valence-corrected chi connectivity index (χ4v) is 5.52. The van der Waals surface area contributed by atoms with Gasteiger partial charge in [-0.3, -0.25) is 9.59 Å². The molecule has 0 unspecified atom stereocenters. The van der Waals surface area contributed by atoms with Crippen molar-refractivity contribution < 1.29 is 38.0 Å². The molecule has 0 amide bonds. The van der Waals surface area contributed by atoms with Gasteiger partial charge in [0.15, 0.2) is 23.1 Å². The van der Waals surface area contributed by atoms with Crippen molar-refractivity contribution in [3.05, 3.63) is 119 Å². The molecule has 8 nitrogen and oxygen atoms in total. The molecule has 0 aliphatic heterocycles. The van der Waals surface area contributed by atoms with Gasteiger partial charge in [0, 0.05) is 11.6 Å². The van der Waals surface area contributed by atoms with Gasteiger partial charge in [-0.2, -0.15) is 0 Å². The lowest BCUT2D eigenvalue weighted by molar-refractivity contribution is 0.103. The summed E-state index contributed by atoms with van der Waals surface area (Å²) in [6.07, 6.45) is 15.9. The maximum atomic E-state index is 12.7. The van der Waals surface area contributed by atoms with Gasteiger partial charge in [0.1, 0.15) is 23.0 Å². The Balaban J connectivity index is 1.01. The molecule has 4 aromatic carbocycles. The summed E-state index contributed by atoms with van der Waals surface area (Å²) in [7, 11) is 6.23. The molecule has 0 N–H and O–H groups in total. The van der Waals surface area contributed by atoms with Crippen molar-refractivity contribution in [3.8, 4) is 34.5 Å². The zero-order chi connectivity index (χ0) is 37.0. The van der Waals surface area contributed by atoms with Crippen LogP contribution in [0, 0.1) is 0 Å². The summed E-state index contributed by atoms with van der Waals surface area (Å²) in [5.41, 5.74) is 2.86. The van der Waals surface area contributed by atoms with Gasteiger partial charge in [0.25, 0.3) is 0 Å². The van der Waals surface area contributed by atoms with Gasteiger partial charge in [-0.05, 0) is 90.7 Å². The van der Waals surface area contributed by atoms with Gasteiger partial charge < -0.3 is 28.4 Å². The number of allylic oxidation sites excluding steroid dienone is 2. The first-order valence-electron chi connectivity index (χ1n) is 17.8. The van der Waals surface area contributed by atoms with Gasteiger partial charge in [-0.1, -0.05) is 74.9 Å². The molecule has 4 aromatic rings. The third-order valence-corrected chi connectivity index (χ3v) is 8.53. The summed E-state index contributed by atoms with van der Waals surface area (Å²) in [5, 5.41) is 0. The van der Waals surface area contributed by atoms with Crippen molar-refractivity contribution in [2.45, 2.75) is 51.4 Å². The number of ketones is 2. The molecule has 0 saturated carbocycles. The highest BCUT2D eigenvalue weighted by Crippen LogP contribution is 2.28. The number of rotatable bonds is 23. The number of benzene rings is 4. The molecule has 4 rings (SSSR count). The first-order valence-corrected chi connectivity index (χ1v) is 17.8. The summed E-state index contributed by atoms with van der Waals surface area (Å²) in [5.74, 6) is 3.64. The van der Waals surface area contributed by atoms with Crippen molar-refractivity contribution in [2.75, 3.05) is 41.7 Å². The van der Waals surface area contributed by atoms with E-state index < -0.39 is 0 Å². The van der Waals surface area contributed by atoms with Crippen LogP contribution < -0.4 is 28.4 Å². The Hall–Kier alpha value is -5.50. The van der Waals surface area contributed by atoms with E-state index >= 15 is 0 Å². The first kappa shape index (κ1) is 39.3. The van der Waals surface area contributed by atoms with Crippen LogP contribution in [0.2, 0.25) is 0 Å². The molecule has 0 atom stereocenters. The van der Waals surface area contributed by atoms with Crippen molar-refractivity contribution >= 4 is 23.7 Å². The molecule has 0 radical (unpaired) electrons. The molecule has 0 bridgehead atoms. The van der Waals surface area contributed by atoms with Gasteiger partial charge in [-0.15, -0.1) is 0 Å². The lowest BCUT2D eigenvalue weighted by Crippen LogP contribution is -1.99. The molecule has 0 aliphatic rings. The maximum absolute atomic E-state index is 12.7. The quantitative estimate of drug-likeness (QED) is 0.0428. The van der Waals surface area contributed by atoms with Crippen molar-refractivity contribution in [1.29, 1.82) is 0 Å². The molecular weight excluding hydrogens is 656 g/mol. The van der Waals surface area contributed by atoms with Crippen LogP contribution in [-0.2, 0) is 0 Å². The van der Waals surface area contributed by atoms with Gasteiger partial charge in [0.2, 0.25) is 0 Å². The number of ether oxygens (including phenoxy) is 6. The summed E-state index contributed by atoms with van der Waals surface area (Å²) in [6.45, 7) is 1.38. The monoisotopic (exact) mass is 706 g/mol. The Labute approximate surface area is 308 Å². The van der Waals surface area contributed by atoms with Crippen LogP contribution in [0.1, 0.15) is 83.2 Å². The molecule has 0 saturated heterocycles. The number of methoxy groups -OCH3 is 4. The number of carbonyl (C=O) groups is 2. The topological polar surface area (TPSA) is 89.5 Å². The highest BCUT2D eigenvalue weighted by molar-refractivity contribution is 6.09. The Morgan fingerprint density at radius 3 is 1.44 bits per heavy atom. The van der Waals surface area contributed by atoms with E-state index in [4.69, 9.17) is 28.4 Å². The van der Waals surface area contributed by atoms with Crippen LogP contribution in [0.4, 0.5) is 0 Å². The molecule has 0 aliphatic carbocycles. The van der Waals surface area contributed by atoms with Crippen LogP contribution in [0.5, 0.6) is 34.5 Å². The first-order chi connectivity index (χ1) is 25.4. The van der Waals surface area contributed by atoms with Crippen molar-refractivity contribution in [1.82, 2.24) is 0 Å². The normalized spacial score (nSPS) is 11.1. The Bertz CT molecular complexity index is 1760. The number of hydrogen-bond acceptors (Lipinski definition) is 8. The number of unbranched alkanes of at least 4 members (excludes halogenated alkanes) is 7. The van der Waals surface area contributed by atoms with Crippen LogP contribution in [0.15, 0.2) is 97.1 Å².